The Labute approximate surface area is 79.9 Å². The van der Waals surface area contributed by atoms with Crippen molar-refractivity contribution in [3.63, 3.8) is 0 Å². The van der Waals surface area contributed by atoms with E-state index >= 15 is 0 Å². The van der Waals surface area contributed by atoms with Crippen LogP contribution < -0.4 is 28.1 Å². The fourth-order valence-corrected chi connectivity index (χ4v) is 0.808. The molecule has 8 heteroatoms. The first kappa shape index (κ1) is 9.99. The van der Waals surface area contributed by atoms with Crippen LogP contribution in [0.15, 0.2) is 6.07 Å². The van der Waals surface area contributed by atoms with E-state index in [1.807, 2.05) is 0 Å². The van der Waals surface area contributed by atoms with Crippen molar-refractivity contribution in [2.45, 2.75) is 0 Å². The number of amides is 1. The number of hydrogen-bond donors (Lipinski definition) is 5. The summed E-state index contributed by atoms with van der Waals surface area (Å²) >= 11 is 0. The zero-order valence-electron chi connectivity index (χ0n) is 7.32. The van der Waals surface area contributed by atoms with Gasteiger partial charge in [-0.05, 0) is 0 Å². The first-order chi connectivity index (χ1) is 6.61. The summed E-state index contributed by atoms with van der Waals surface area (Å²) in [5, 5.41) is 2.66. The fourth-order valence-electron chi connectivity index (χ4n) is 0.808. The summed E-state index contributed by atoms with van der Waals surface area (Å²) in [7, 11) is 0. The van der Waals surface area contributed by atoms with Gasteiger partial charge in [-0.15, -0.1) is 0 Å². The minimum absolute atomic E-state index is 0.0273. The third-order valence-corrected chi connectivity index (χ3v) is 1.34. The number of nitrogens with zero attached hydrogens (tertiary/aromatic N) is 2. The third-order valence-electron chi connectivity index (χ3n) is 1.34. The van der Waals surface area contributed by atoms with Crippen molar-refractivity contribution >= 4 is 23.5 Å². The van der Waals surface area contributed by atoms with E-state index in [0.717, 1.165) is 0 Å². The molecule has 0 aliphatic rings. The van der Waals surface area contributed by atoms with E-state index in [2.05, 4.69) is 20.7 Å². The quantitative estimate of drug-likeness (QED) is 0.284. The first-order valence-electron chi connectivity index (χ1n) is 3.75. The molecule has 0 unspecified atom stereocenters. The molecule has 0 saturated heterocycles. The van der Waals surface area contributed by atoms with E-state index < -0.39 is 5.91 Å². The molecule has 0 atom stereocenters. The number of aromatic nitrogens is 2. The molecule has 0 fully saturated rings. The van der Waals surface area contributed by atoms with Crippen LogP contribution in [0.3, 0.4) is 0 Å². The van der Waals surface area contributed by atoms with Gasteiger partial charge >= 0.3 is 0 Å². The zero-order chi connectivity index (χ0) is 10.6. The van der Waals surface area contributed by atoms with Crippen LogP contribution in [-0.4, -0.2) is 22.4 Å². The van der Waals surface area contributed by atoms with E-state index in [9.17, 15) is 4.79 Å². The summed E-state index contributed by atoms with van der Waals surface area (Å²) in [5.41, 5.74) is 12.6. The van der Waals surface area contributed by atoms with Crippen LogP contribution in [-0.2, 0) is 4.79 Å². The molecule has 0 aliphatic heterocycles. The number of rotatable bonds is 4. The Morgan fingerprint density at radius 1 is 1.43 bits per heavy atom. The molecule has 0 radical (unpaired) electrons. The Bertz CT molecular complexity index is 339. The van der Waals surface area contributed by atoms with Gasteiger partial charge in [0.2, 0.25) is 11.9 Å². The Kier molecular flexibility index (Phi) is 3.02. The van der Waals surface area contributed by atoms with E-state index in [1.165, 1.54) is 6.07 Å². The van der Waals surface area contributed by atoms with Gasteiger partial charge in [-0.2, -0.15) is 9.97 Å². The highest BCUT2D eigenvalue weighted by Gasteiger charge is 2.01. The van der Waals surface area contributed by atoms with E-state index in [0.29, 0.717) is 11.6 Å². The lowest BCUT2D eigenvalue weighted by Crippen LogP contribution is -2.22. The van der Waals surface area contributed by atoms with Crippen molar-refractivity contribution in [1.29, 1.82) is 0 Å². The highest BCUT2D eigenvalue weighted by Crippen LogP contribution is 2.10. The molecule has 1 heterocycles. The second kappa shape index (κ2) is 4.23. The molecular weight excluding hydrogens is 186 g/mol. The van der Waals surface area contributed by atoms with E-state index in [4.69, 9.17) is 17.3 Å². The lowest BCUT2D eigenvalue weighted by molar-refractivity contribution is -0.116. The molecule has 0 saturated carbocycles. The number of nitrogen functional groups attached to an aromatic ring is 2. The molecule has 0 bridgehead atoms. The molecular formula is C6H11N7O. The molecule has 0 aliphatic carbocycles. The lowest BCUT2D eigenvalue weighted by Gasteiger charge is -2.05. The smallest absolute Gasteiger partial charge is 0.236 e. The molecule has 1 aromatic heterocycles. The number of carbonyl (C=O) groups excluding carboxylic acids is 1. The van der Waals surface area contributed by atoms with Gasteiger partial charge in [0.25, 0.3) is 0 Å². The second-order valence-electron chi connectivity index (χ2n) is 2.46. The second-order valence-corrected chi connectivity index (χ2v) is 2.46. The first-order valence-corrected chi connectivity index (χ1v) is 3.75. The largest absolute Gasteiger partial charge is 0.368 e. The van der Waals surface area contributed by atoms with Gasteiger partial charge in [0.15, 0.2) is 0 Å². The number of nitrogens with one attached hydrogen (secondary N) is 2. The maximum Gasteiger partial charge on any atom is 0.236 e. The summed E-state index contributed by atoms with van der Waals surface area (Å²) < 4.78 is 0. The summed E-state index contributed by atoms with van der Waals surface area (Å²) in [6, 6.07) is 1.50. The van der Waals surface area contributed by atoms with Gasteiger partial charge in [0.1, 0.15) is 11.6 Å². The molecule has 8 nitrogen and oxygen atoms in total. The molecule has 0 aromatic carbocycles. The van der Waals surface area contributed by atoms with Crippen molar-refractivity contribution in [1.82, 2.24) is 9.97 Å². The van der Waals surface area contributed by atoms with Crippen molar-refractivity contribution in [3.8, 4) is 0 Å². The summed E-state index contributed by atoms with van der Waals surface area (Å²) in [6.45, 7) is -0.0273. The van der Waals surface area contributed by atoms with E-state index in [-0.39, 0.29) is 12.5 Å². The highest BCUT2D eigenvalue weighted by atomic mass is 16.1. The standard InChI is InChI=1S/C6H11N7O/c7-3(14)2-10-4-1-5(13-9)12-6(8)11-4/h1H,2,9H2,(H2,7,14)(H4,8,10,11,12,13). The van der Waals surface area contributed by atoms with Gasteiger partial charge in [0.05, 0.1) is 6.54 Å². The van der Waals surface area contributed by atoms with Crippen LogP contribution in [0.25, 0.3) is 0 Å². The Hall–Kier alpha value is -2.09. The topological polar surface area (TPSA) is 145 Å². The maximum atomic E-state index is 10.5. The molecule has 8 N–H and O–H groups in total. The van der Waals surface area contributed by atoms with E-state index in [1.54, 1.807) is 0 Å². The van der Waals surface area contributed by atoms with Gasteiger partial charge in [-0.3, -0.25) is 4.79 Å². The number of carbonyl (C=O) groups is 1. The van der Waals surface area contributed by atoms with Crippen molar-refractivity contribution in [2.75, 3.05) is 23.0 Å². The fraction of sp³-hybridized carbons (Fsp3) is 0.167. The number of primary amides is 1. The minimum Gasteiger partial charge on any atom is -0.368 e. The lowest BCUT2D eigenvalue weighted by atomic mass is 10.5. The zero-order valence-corrected chi connectivity index (χ0v) is 7.32. The predicted octanol–water partition coefficient (Wildman–Crippen LogP) is -1.76. The minimum atomic E-state index is -0.496. The molecule has 0 spiro atoms. The van der Waals surface area contributed by atoms with Crippen LogP contribution in [0, 0.1) is 0 Å². The average molecular weight is 197 g/mol. The van der Waals surface area contributed by atoms with Crippen molar-refractivity contribution < 1.29 is 4.79 Å². The van der Waals surface area contributed by atoms with Crippen molar-refractivity contribution in [2.24, 2.45) is 11.6 Å². The molecule has 1 rings (SSSR count). The van der Waals surface area contributed by atoms with Crippen molar-refractivity contribution in [3.05, 3.63) is 6.07 Å². The summed E-state index contributed by atoms with van der Waals surface area (Å²) in [6.07, 6.45) is 0. The predicted molar refractivity (Wildman–Crippen MR) is 51.9 cm³/mol. The average Bonchev–Trinajstić information content (AvgIpc) is 2.14. The van der Waals surface area contributed by atoms with Gasteiger partial charge in [-0.1, -0.05) is 0 Å². The third kappa shape index (κ3) is 2.75. The monoisotopic (exact) mass is 197 g/mol. The molecule has 1 amide bonds. The molecule has 1 aromatic rings. The normalized spacial score (nSPS) is 9.50. The Balaban J connectivity index is 2.76. The summed E-state index contributed by atoms with van der Waals surface area (Å²) in [4.78, 5) is 18.0. The Morgan fingerprint density at radius 3 is 2.64 bits per heavy atom. The van der Waals surface area contributed by atoms with Crippen LogP contribution in [0.5, 0.6) is 0 Å². The van der Waals surface area contributed by atoms with Crippen LogP contribution in [0.4, 0.5) is 17.6 Å². The van der Waals surface area contributed by atoms with Gasteiger partial charge < -0.3 is 22.2 Å². The number of hydrogen-bond acceptors (Lipinski definition) is 7. The number of hydrazine groups is 1. The molecule has 14 heavy (non-hydrogen) atoms. The molecule has 76 valence electrons. The highest BCUT2D eigenvalue weighted by molar-refractivity contribution is 5.78. The van der Waals surface area contributed by atoms with Gasteiger partial charge in [0, 0.05) is 6.07 Å². The van der Waals surface area contributed by atoms with Gasteiger partial charge in [-0.25, -0.2) is 5.84 Å². The number of anilines is 3. The summed E-state index contributed by atoms with van der Waals surface area (Å²) in [5.74, 6) is 5.41. The van der Waals surface area contributed by atoms with Crippen LogP contribution >= 0.6 is 0 Å². The Morgan fingerprint density at radius 2 is 2.07 bits per heavy atom. The van der Waals surface area contributed by atoms with Crippen LogP contribution in [0.2, 0.25) is 0 Å². The SMILES string of the molecule is NNc1cc(NCC(N)=O)nc(N)n1. The van der Waals surface area contributed by atoms with Crippen LogP contribution in [0.1, 0.15) is 0 Å². The number of nitrogens with two attached hydrogens (primary N) is 3. The maximum absolute atomic E-state index is 10.5.